The molecule has 0 unspecified atom stereocenters. The molecule has 0 aliphatic heterocycles. The van der Waals surface area contributed by atoms with E-state index >= 15 is 0 Å². The molecule has 0 saturated carbocycles. The van der Waals surface area contributed by atoms with Gasteiger partial charge >= 0.3 is 17.9 Å². The van der Waals surface area contributed by atoms with Gasteiger partial charge in [-0.25, -0.2) is 0 Å². The van der Waals surface area contributed by atoms with Gasteiger partial charge in [-0.2, -0.15) is 0 Å². The third kappa shape index (κ3) is 47.5. The first-order valence-corrected chi connectivity index (χ1v) is 26.7. The van der Waals surface area contributed by atoms with E-state index in [0.717, 1.165) is 69.6 Å². The lowest BCUT2D eigenvalue weighted by molar-refractivity contribution is -0.167. The molecule has 0 spiro atoms. The van der Waals surface area contributed by atoms with Gasteiger partial charge in [0.05, 0.1) is 0 Å². The van der Waals surface area contributed by atoms with Gasteiger partial charge in [0.25, 0.3) is 0 Å². The van der Waals surface area contributed by atoms with Crippen LogP contribution in [-0.4, -0.2) is 37.2 Å². The maximum Gasteiger partial charge on any atom is 0.306 e. The summed E-state index contributed by atoms with van der Waals surface area (Å²) in [5.41, 5.74) is 0. The number of carbonyl (C=O) groups excluding carboxylic acids is 3. The summed E-state index contributed by atoms with van der Waals surface area (Å²) in [5.74, 6) is 0.766. The van der Waals surface area contributed by atoms with Crippen LogP contribution < -0.4 is 0 Å². The monoisotopic (exact) mass is 849 g/mol. The van der Waals surface area contributed by atoms with E-state index in [1.807, 2.05) is 0 Å². The predicted molar refractivity (Wildman–Crippen MR) is 256 cm³/mol. The van der Waals surface area contributed by atoms with Crippen LogP contribution in [0, 0.1) is 11.8 Å². The average molecular weight is 849 g/mol. The van der Waals surface area contributed by atoms with Gasteiger partial charge in [0.15, 0.2) is 6.10 Å². The highest BCUT2D eigenvalue weighted by Gasteiger charge is 2.19. The van der Waals surface area contributed by atoms with E-state index in [1.54, 1.807) is 0 Å². The van der Waals surface area contributed by atoms with E-state index in [4.69, 9.17) is 14.2 Å². The molecule has 0 aromatic heterocycles. The molecule has 0 radical (unpaired) electrons. The first-order valence-electron chi connectivity index (χ1n) is 26.7. The van der Waals surface area contributed by atoms with Crippen LogP contribution >= 0.6 is 0 Å². The van der Waals surface area contributed by atoms with Crippen molar-refractivity contribution in [2.75, 3.05) is 13.2 Å². The molecule has 1 atom stereocenters. The Morgan fingerprint density at radius 1 is 0.317 bits per heavy atom. The molecule has 0 aliphatic carbocycles. The molecule has 0 fully saturated rings. The molecule has 6 nitrogen and oxygen atoms in total. The predicted octanol–water partition coefficient (Wildman–Crippen LogP) is 17.3. The first-order chi connectivity index (χ1) is 29.2. The Morgan fingerprint density at radius 2 is 0.550 bits per heavy atom. The third-order valence-electron chi connectivity index (χ3n) is 12.2. The number of hydrogen-bond acceptors (Lipinski definition) is 6. The van der Waals surface area contributed by atoms with Gasteiger partial charge in [0, 0.05) is 19.3 Å². The van der Waals surface area contributed by atoms with Crippen molar-refractivity contribution in [1.29, 1.82) is 0 Å². The van der Waals surface area contributed by atoms with Gasteiger partial charge in [-0.15, -0.1) is 0 Å². The maximum atomic E-state index is 12.8. The minimum Gasteiger partial charge on any atom is -0.462 e. The second-order valence-electron chi connectivity index (χ2n) is 19.5. The minimum absolute atomic E-state index is 0.0642. The summed E-state index contributed by atoms with van der Waals surface area (Å²) in [6.45, 7) is 11.3. The maximum absolute atomic E-state index is 12.8. The van der Waals surface area contributed by atoms with E-state index in [0.29, 0.717) is 19.3 Å². The molecule has 0 aromatic carbocycles. The van der Waals surface area contributed by atoms with Gasteiger partial charge in [0.1, 0.15) is 13.2 Å². The summed E-state index contributed by atoms with van der Waals surface area (Å²) >= 11 is 0. The lowest BCUT2D eigenvalue weighted by Crippen LogP contribution is -2.30. The van der Waals surface area contributed by atoms with Gasteiger partial charge in [-0.3, -0.25) is 14.4 Å². The Balaban J connectivity index is 4.28. The van der Waals surface area contributed by atoms with Crippen molar-refractivity contribution in [3.05, 3.63) is 0 Å². The van der Waals surface area contributed by atoms with Crippen molar-refractivity contribution >= 4 is 17.9 Å². The topological polar surface area (TPSA) is 78.9 Å². The number of ether oxygens (including phenoxy) is 3. The number of unbranched alkanes of at least 4 members (excludes halogenated alkanes) is 33. The Kier molecular flexibility index (Phi) is 45.7. The zero-order valence-electron chi connectivity index (χ0n) is 41.1. The Labute approximate surface area is 374 Å². The standard InChI is InChI=1S/C54H104O6/c1-6-7-8-9-10-11-12-13-14-15-16-17-18-19-24-31-36-41-46-54(57)60-51(48-59-53(56)45-40-35-30-26-25-28-33-38-43-50(4)5)47-58-52(55)44-39-34-29-23-21-20-22-27-32-37-42-49(2)3/h49-51H,6-48H2,1-5H3/t51-/m1/s1. The largest absolute Gasteiger partial charge is 0.462 e. The van der Waals surface area contributed by atoms with Crippen LogP contribution in [0.15, 0.2) is 0 Å². The van der Waals surface area contributed by atoms with Crippen LogP contribution in [-0.2, 0) is 28.6 Å². The van der Waals surface area contributed by atoms with Crippen molar-refractivity contribution in [2.24, 2.45) is 11.8 Å². The quantitative estimate of drug-likeness (QED) is 0.0345. The molecule has 6 heteroatoms. The molecule has 0 bridgehead atoms. The fourth-order valence-corrected chi connectivity index (χ4v) is 8.17. The third-order valence-corrected chi connectivity index (χ3v) is 12.2. The molecule has 0 aliphatic rings. The number of rotatable bonds is 48. The highest BCUT2D eigenvalue weighted by atomic mass is 16.6. The molecule has 0 saturated heterocycles. The summed E-state index contributed by atoms with van der Waals surface area (Å²) in [6.07, 6.45) is 48.1. The summed E-state index contributed by atoms with van der Waals surface area (Å²) in [7, 11) is 0. The Bertz CT molecular complexity index is 916. The van der Waals surface area contributed by atoms with E-state index in [2.05, 4.69) is 34.6 Å². The van der Waals surface area contributed by atoms with Gasteiger partial charge in [0.2, 0.25) is 0 Å². The molecule has 0 aromatic rings. The van der Waals surface area contributed by atoms with Crippen LogP contribution in [0.3, 0.4) is 0 Å². The molecule has 0 N–H and O–H groups in total. The van der Waals surface area contributed by atoms with E-state index in [-0.39, 0.29) is 31.1 Å². The fraction of sp³-hybridized carbons (Fsp3) is 0.944. The Hall–Kier alpha value is -1.59. The van der Waals surface area contributed by atoms with Gasteiger partial charge < -0.3 is 14.2 Å². The number of esters is 3. The van der Waals surface area contributed by atoms with Crippen LogP contribution in [0.5, 0.6) is 0 Å². The van der Waals surface area contributed by atoms with E-state index in [9.17, 15) is 14.4 Å². The molecular weight excluding hydrogens is 745 g/mol. The lowest BCUT2D eigenvalue weighted by atomic mass is 10.0. The molecule has 0 amide bonds. The summed E-state index contributed by atoms with van der Waals surface area (Å²) in [4.78, 5) is 38.0. The summed E-state index contributed by atoms with van der Waals surface area (Å²) < 4.78 is 16.8. The zero-order valence-corrected chi connectivity index (χ0v) is 41.1. The molecule has 356 valence electrons. The molecule has 0 rings (SSSR count). The second kappa shape index (κ2) is 46.9. The summed E-state index contributed by atoms with van der Waals surface area (Å²) in [6, 6.07) is 0. The minimum atomic E-state index is -0.762. The zero-order chi connectivity index (χ0) is 44.0. The van der Waals surface area contributed by atoms with Gasteiger partial charge in [-0.1, -0.05) is 259 Å². The lowest BCUT2D eigenvalue weighted by Gasteiger charge is -2.18. The van der Waals surface area contributed by atoms with Crippen molar-refractivity contribution in [2.45, 2.75) is 304 Å². The van der Waals surface area contributed by atoms with Crippen LogP contribution in [0.2, 0.25) is 0 Å². The molecular formula is C54H104O6. The highest BCUT2D eigenvalue weighted by Crippen LogP contribution is 2.17. The van der Waals surface area contributed by atoms with Gasteiger partial charge in [-0.05, 0) is 31.1 Å². The van der Waals surface area contributed by atoms with Crippen LogP contribution in [0.4, 0.5) is 0 Å². The van der Waals surface area contributed by atoms with Crippen molar-refractivity contribution in [3.63, 3.8) is 0 Å². The number of carbonyl (C=O) groups is 3. The normalized spacial score (nSPS) is 12.1. The van der Waals surface area contributed by atoms with Crippen LogP contribution in [0.25, 0.3) is 0 Å². The first kappa shape index (κ1) is 58.4. The van der Waals surface area contributed by atoms with Crippen LogP contribution in [0.1, 0.15) is 298 Å². The Morgan fingerprint density at radius 3 is 0.817 bits per heavy atom. The fourth-order valence-electron chi connectivity index (χ4n) is 8.17. The second-order valence-corrected chi connectivity index (χ2v) is 19.5. The van der Waals surface area contributed by atoms with Crippen molar-refractivity contribution in [1.82, 2.24) is 0 Å². The smallest absolute Gasteiger partial charge is 0.306 e. The number of hydrogen-bond donors (Lipinski definition) is 0. The highest BCUT2D eigenvalue weighted by molar-refractivity contribution is 5.71. The molecule has 0 heterocycles. The molecule has 60 heavy (non-hydrogen) atoms. The average Bonchev–Trinajstić information content (AvgIpc) is 3.22. The van der Waals surface area contributed by atoms with E-state index in [1.165, 1.54) is 186 Å². The van der Waals surface area contributed by atoms with Crippen molar-refractivity contribution in [3.8, 4) is 0 Å². The SMILES string of the molecule is CCCCCCCCCCCCCCCCCCCCC(=O)O[C@H](COC(=O)CCCCCCCCCCCCC(C)C)COC(=O)CCCCCCCCCCC(C)C. The van der Waals surface area contributed by atoms with Crippen molar-refractivity contribution < 1.29 is 28.6 Å². The van der Waals surface area contributed by atoms with E-state index < -0.39 is 6.10 Å². The summed E-state index contributed by atoms with van der Waals surface area (Å²) in [5, 5.41) is 0.